The van der Waals surface area contributed by atoms with Crippen LogP contribution in [-0.2, 0) is 6.54 Å². The number of benzene rings is 1. The van der Waals surface area contributed by atoms with E-state index in [2.05, 4.69) is 21.2 Å². The summed E-state index contributed by atoms with van der Waals surface area (Å²) in [6.07, 6.45) is 0. The van der Waals surface area contributed by atoms with Gasteiger partial charge in [-0.2, -0.15) is 0 Å². The number of nitrogens with one attached hydrogen (secondary N) is 1. The summed E-state index contributed by atoms with van der Waals surface area (Å²) < 4.78 is 13.3. The Morgan fingerprint density at radius 2 is 2.19 bits per heavy atom. The van der Waals surface area contributed by atoms with Gasteiger partial charge in [-0.05, 0) is 40.5 Å². The molecule has 0 aliphatic heterocycles. The summed E-state index contributed by atoms with van der Waals surface area (Å²) in [7, 11) is 0. The summed E-state index contributed by atoms with van der Waals surface area (Å²) in [4.78, 5) is 0. The van der Waals surface area contributed by atoms with Crippen LogP contribution in [0.15, 0.2) is 22.7 Å². The lowest BCUT2D eigenvalue weighted by atomic mass is 10.1. The average molecular weight is 292 g/mol. The van der Waals surface area contributed by atoms with Crippen molar-refractivity contribution in [3.05, 3.63) is 34.1 Å². The fourth-order valence-electron chi connectivity index (χ4n) is 1.18. The summed E-state index contributed by atoms with van der Waals surface area (Å²) in [5.41, 5.74) is -0.223. The molecule has 0 heterocycles. The molecule has 0 aliphatic carbocycles. The maximum absolute atomic E-state index is 12.9. The Labute approximate surface area is 102 Å². The van der Waals surface area contributed by atoms with Gasteiger partial charge in [-0.15, -0.1) is 0 Å². The third-order valence-electron chi connectivity index (χ3n) is 2.16. The molecule has 0 fully saturated rings. The molecule has 1 rings (SSSR count). The van der Waals surface area contributed by atoms with Gasteiger partial charge in [0.05, 0.1) is 16.7 Å². The second-order valence-corrected chi connectivity index (χ2v) is 4.86. The molecule has 0 aliphatic rings. The van der Waals surface area contributed by atoms with Crippen molar-refractivity contribution >= 4 is 15.9 Å². The molecule has 5 heteroatoms. The quantitative estimate of drug-likeness (QED) is 0.769. The van der Waals surface area contributed by atoms with Gasteiger partial charge in [-0.1, -0.05) is 6.07 Å². The van der Waals surface area contributed by atoms with Crippen LogP contribution < -0.4 is 5.32 Å². The van der Waals surface area contributed by atoms with E-state index >= 15 is 0 Å². The lowest BCUT2D eigenvalue weighted by Crippen LogP contribution is -2.40. The van der Waals surface area contributed by atoms with Crippen LogP contribution >= 0.6 is 15.9 Å². The highest BCUT2D eigenvalue weighted by Gasteiger charge is 2.17. The summed E-state index contributed by atoms with van der Waals surface area (Å²) in [5.74, 6) is -0.300. The van der Waals surface area contributed by atoms with Gasteiger partial charge in [0.25, 0.3) is 0 Å². The molecule has 0 radical (unpaired) electrons. The molecule has 0 bridgehead atoms. The number of hydrogen-bond acceptors (Lipinski definition) is 3. The van der Waals surface area contributed by atoms with Gasteiger partial charge < -0.3 is 15.5 Å². The van der Waals surface area contributed by atoms with Crippen molar-refractivity contribution in [1.82, 2.24) is 5.32 Å². The predicted molar refractivity (Wildman–Crippen MR) is 63.5 cm³/mol. The number of aliphatic hydroxyl groups is 2. The van der Waals surface area contributed by atoms with Crippen LogP contribution in [0.1, 0.15) is 12.5 Å². The van der Waals surface area contributed by atoms with Crippen LogP contribution in [0.5, 0.6) is 0 Å². The van der Waals surface area contributed by atoms with Gasteiger partial charge in [0, 0.05) is 13.1 Å². The predicted octanol–water partition coefficient (Wildman–Crippen LogP) is 1.42. The van der Waals surface area contributed by atoms with Gasteiger partial charge >= 0.3 is 0 Å². The van der Waals surface area contributed by atoms with E-state index in [-0.39, 0.29) is 19.0 Å². The summed E-state index contributed by atoms with van der Waals surface area (Å²) in [5, 5.41) is 21.3. The smallest absolute Gasteiger partial charge is 0.137 e. The standard InChI is InChI=1S/C11H15BrFNO2/c1-11(16,7-15)6-14-5-8-2-3-10(13)9(12)4-8/h2-4,14-16H,5-7H2,1H3. The van der Waals surface area contributed by atoms with Crippen molar-refractivity contribution in [2.24, 2.45) is 0 Å². The highest BCUT2D eigenvalue weighted by molar-refractivity contribution is 9.10. The van der Waals surface area contributed by atoms with Gasteiger partial charge in [0.15, 0.2) is 0 Å². The van der Waals surface area contributed by atoms with Crippen LogP contribution in [0.4, 0.5) is 4.39 Å². The number of aliphatic hydroxyl groups excluding tert-OH is 1. The lowest BCUT2D eigenvalue weighted by Gasteiger charge is -2.20. The molecule has 3 nitrogen and oxygen atoms in total. The molecular formula is C11H15BrFNO2. The third-order valence-corrected chi connectivity index (χ3v) is 2.77. The minimum Gasteiger partial charge on any atom is -0.393 e. The van der Waals surface area contributed by atoms with E-state index in [0.717, 1.165) is 5.56 Å². The van der Waals surface area contributed by atoms with E-state index in [4.69, 9.17) is 5.11 Å². The van der Waals surface area contributed by atoms with Gasteiger partial charge in [0.2, 0.25) is 0 Å². The van der Waals surface area contributed by atoms with E-state index in [0.29, 0.717) is 11.0 Å². The maximum atomic E-state index is 12.9. The first kappa shape index (κ1) is 13.6. The van der Waals surface area contributed by atoms with Gasteiger partial charge in [-0.25, -0.2) is 4.39 Å². The van der Waals surface area contributed by atoms with E-state index in [1.807, 2.05) is 0 Å². The molecule has 3 N–H and O–H groups in total. The molecular weight excluding hydrogens is 277 g/mol. The molecule has 0 aromatic heterocycles. The van der Waals surface area contributed by atoms with Crippen LogP contribution in [0.3, 0.4) is 0 Å². The summed E-state index contributed by atoms with van der Waals surface area (Å²) >= 11 is 3.10. The van der Waals surface area contributed by atoms with E-state index in [9.17, 15) is 9.50 Å². The zero-order chi connectivity index (χ0) is 12.2. The molecule has 1 aromatic carbocycles. The largest absolute Gasteiger partial charge is 0.393 e. The molecule has 1 unspecified atom stereocenters. The Hall–Kier alpha value is -0.490. The molecule has 0 saturated carbocycles. The first-order valence-corrected chi connectivity index (χ1v) is 5.72. The molecule has 1 atom stereocenters. The Morgan fingerprint density at radius 1 is 1.50 bits per heavy atom. The zero-order valence-corrected chi connectivity index (χ0v) is 10.6. The second-order valence-electron chi connectivity index (χ2n) is 4.01. The van der Waals surface area contributed by atoms with Crippen molar-refractivity contribution in [1.29, 1.82) is 0 Å². The highest BCUT2D eigenvalue weighted by atomic mass is 79.9. The fraction of sp³-hybridized carbons (Fsp3) is 0.455. The van der Waals surface area contributed by atoms with Crippen molar-refractivity contribution in [2.75, 3.05) is 13.2 Å². The van der Waals surface area contributed by atoms with Crippen LogP contribution in [0, 0.1) is 5.82 Å². The molecule has 16 heavy (non-hydrogen) atoms. The Bertz CT molecular complexity index is 358. The lowest BCUT2D eigenvalue weighted by molar-refractivity contribution is 0.00253. The minimum atomic E-state index is -1.13. The van der Waals surface area contributed by atoms with Gasteiger partial charge in [0.1, 0.15) is 5.82 Å². The SMILES string of the molecule is CC(O)(CO)CNCc1ccc(F)c(Br)c1. The van der Waals surface area contributed by atoms with E-state index in [1.54, 1.807) is 19.1 Å². The average Bonchev–Trinajstić information content (AvgIpc) is 2.23. The highest BCUT2D eigenvalue weighted by Crippen LogP contribution is 2.16. The molecule has 0 amide bonds. The first-order chi connectivity index (χ1) is 7.44. The summed E-state index contributed by atoms with van der Waals surface area (Å²) in [6, 6.07) is 4.72. The van der Waals surface area contributed by atoms with Crippen molar-refractivity contribution in [2.45, 2.75) is 19.1 Å². The van der Waals surface area contributed by atoms with Crippen LogP contribution in [-0.4, -0.2) is 29.0 Å². The van der Waals surface area contributed by atoms with E-state index in [1.165, 1.54) is 6.07 Å². The maximum Gasteiger partial charge on any atom is 0.137 e. The Morgan fingerprint density at radius 3 is 2.75 bits per heavy atom. The molecule has 90 valence electrons. The molecule has 1 aromatic rings. The minimum absolute atomic E-state index is 0.276. The summed E-state index contributed by atoms with van der Waals surface area (Å²) in [6.45, 7) is 2.03. The Balaban J connectivity index is 2.46. The van der Waals surface area contributed by atoms with Crippen molar-refractivity contribution in [3.8, 4) is 0 Å². The third kappa shape index (κ3) is 4.17. The Kier molecular flexibility index (Phi) is 4.86. The normalized spacial score (nSPS) is 14.8. The number of halogens is 2. The van der Waals surface area contributed by atoms with Crippen molar-refractivity contribution in [3.63, 3.8) is 0 Å². The van der Waals surface area contributed by atoms with Gasteiger partial charge in [-0.3, -0.25) is 0 Å². The van der Waals surface area contributed by atoms with E-state index < -0.39 is 5.60 Å². The first-order valence-electron chi connectivity index (χ1n) is 4.92. The van der Waals surface area contributed by atoms with Crippen molar-refractivity contribution < 1.29 is 14.6 Å². The number of hydrogen-bond donors (Lipinski definition) is 3. The number of rotatable bonds is 5. The molecule has 0 saturated heterocycles. The topological polar surface area (TPSA) is 52.5 Å². The molecule has 0 spiro atoms. The zero-order valence-electron chi connectivity index (χ0n) is 9.00. The monoisotopic (exact) mass is 291 g/mol. The van der Waals surface area contributed by atoms with Crippen LogP contribution in [0.2, 0.25) is 0 Å². The van der Waals surface area contributed by atoms with Crippen LogP contribution in [0.25, 0.3) is 0 Å². The fourth-order valence-corrected chi connectivity index (χ4v) is 1.61. The second kappa shape index (κ2) is 5.72.